The minimum Gasteiger partial charge on any atom is -0.379 e. The van der Waals surface area contributed by atoms with Gasteiger partial charge in [-0.25, -0.2) is 0 Å². The van der Waals surface area contributed by atoms with Crippen molar-refractivity contribution in [1.29, 1.82) is 0 Å². The molecule has 1 atom stereocenters. The quantitative estimate of drug-likeness (QED) is 0.789. The van der Waals surface area contributed by atoms with Gasteiger partial charge in [-0.3, -0.25) is 9.69 Å². The van der Waals surface area contributed by atoms with Crippen LogP contribution in [0.15, 0.2) is 0 Å². The zero-order chi connectivity index (χ0) is 12.2. The summed E-state index contributed by atoms with van der Waals surface area (Å²) in [5.41, 5.74) is 4.90. The molecule has 1 unspecified atom stereocenters. The van der Waals surface area contributed by atoms with Crippen LogP contribution in [0.2, 0.25) is 0 Å². The van der Waals surface area contributed by atoms with Gasteiger partial charge in [-0.15, -0.1) is 24.8 Å². The lowest BCUT2D eigenvalue weighted by molar-refractivity contribution is -0.125. The van der Waals surface area contributed by atoms with Gasteiger partial charge in [0.15, 0.2) is 0 Å². The third-order valence-corrected chi connectivity index (χ3v) is 2.81. The van der Waals surface area contributed by atoms with Crippen LogP contribution >= 0.6 is 24.8 Å². The Kier molecular flexibility index (Phi) is 10.1. The van der Waals surface area contributed by atoms with Crippen LogP contribution in [0.4, 0.5) is 0 Å². The van der Waals surface area contributed by atoms with Crippen LogP contribution in [-0.4, -0.2) is 55.2 Å². The summed E-state index contributed by atoms with van der Waals surface area (Å²) in [5, 5.41) is 2.87. The lowest BCUT2D eigenvalue weighted by Crippen LogP contribution is -2.53. The second-order valence-corrected chi connectivity index (χ2v) is 4.93. The maximum Gasteiger partial charge on any atom is 0.239 e. The molecular formula is C11H25Cl2N3O2. The lowest BCUT2D eigenvalue weighted by Gasteiger charge is -2.32. The molecule has 0 spiro atoms. The Morgan fingerprint density at radius 3 is 2.33 bits per heavy atom. The molecule has 7 heteroatoms. The lowest BCUT2D eigenvalue weighted by atomic mass is 10.1. The standard InChI is InChI=1S/C11H23N3O2.2ClH/c1-9(14-4-6-16-7-5-14)8-13-10(15)11(2,3)12;;/h9H,4-8,12H2,1-3H3,(H,13,15);2*1H. The number of nitrogens with one attached hydrogen (secondary N) is 1. The van der Waals surface area contributed by atoms with Gasteiger partial charge >= 0.3 is 0 Å². The molecule has 0 radical (unpaired) electrons. The number of carbonyl (C=O) groups is 1. The Balaban J connectivity index is 0. The number of nitrogens with two attached hydrogens (primary N) is 1. The third kappa shape index (κ3) is 6.75. The van der Waals surface area contributed by atoms with Crippen molar-refractivity contribution in [2.24, 2.45) is 5.73 Å². The highest BCUT2D eigenvalue weighted by atomic mass is 35.5. The van der Waals surface area contributed by atoms with Crippen molar-refractivity contribution in [2.45, 2.75) is 32.4 Å². The van der Waals surface area contributed by atoms with Gasteiger partial charge in [0, 0.05) is 25.7 Å². The van der Waals surface area contributed by atoms with E-state index >= 15 is 0 Å². The first-order valence-electron chi connectivity index (χ1n) is 5.80. The van der Waals surface area contributed by atoms with Crippen molar-refractivity contribution < 1.29 is 9.53 Å². The second-order valence-electron chi connectivity index (χ2n) is 4.93. The number of nitrogens with zero attached hydrogens (tertiary/aromatic N) is 1. The molecule has 1 aliphatic rings. The molecule has 0 bridgehead atoms. The first kappa shape index (κ1) is 20.3. The van der Waals surface area contributed by atoms with Crippen LogP contribution < -0.4 is 11.1 Å². The first-order valence-corrected chi connectivity index (χ1v) is 5.80. The highest BCUT2D eigenvalue weighted by Crippen LogP contribution is 2.03. The summed E-state index contributed by atoms with van der Waals surface area (Å²) in [6.45, 7) is 9.59. The predicted octanol–water partition coefficient (Wildman–Crippen LogP) is 0.404. The molecule has 0 aromatic heterocycles. The fourth-order valence-electron chi connectivity index (χ4n) is 1.62. The summed E-state index contributed by atoms with van der Waals surface area (Å²) in [6, 6.07) is 0.329. The maximum absolute atomic E-state index is 11.6. The molecule has 0 aliphatic carbocycles. The molecule has 1 aliphatic heterocycles. The third-order valence-electron chi connectivity index (χ3n) is 2.81. The monoisotopic (exact) mass is 301 g/mol. The van der Waals surface area contributed by atoms with E-state index in [9.17, 15) is 4.79 Å². The van der Waals surface area contributed by atoms with Crippen molar-refractivity contribution >= 4 is 30.7 Å². The van der Waals surface area contributed by atoms with Gasteiger partial charge in [-0.1, -0.05) is 0 Å². The Morgan fingerprint density at radius 2 is 1.89 bits per heavy atom. The molecular weight excluding hydrogens is 277 g/mol. The Morgan fingerprint density at radius 1 is 1.39 bits per heavy atom. The number of hydrogen-bond acceptors (Lipinski definition) is 4. The van der Waals surface area contributed by atoms with Gasteiger partial charge in [-0.2, -0.15) is 0 Å². The fraction of sp³-hybridized carbons (Fsp3) is 0.909. The molecule has 3 N–H and O–H groups in total. The van der Waals surface area contributed by atoms with E-state index < -0.39 is 5.54 Å². The largest absolute Gasteiger partial charge is 0.379 e. The number of amides is 1. The highest BCUT2D eigenvalue weighted by molar-refractivity contribution is 5.85. The zero-order valence-electron chi connectivity index (χ0n) is 11.3. The zero-order valence-corrected chi connectivity index (χ0v) is 12.9. The van der Waals surface area contributed by atoms with Crippen molar-refractivity contribution in [3.05, 3.63) is 0 Å². The van der Waals surface area contributed by atoms with E-state index in [2.05, 4.69) is 17.1 Å². The molecule has 110 valence electrons. The predicted molar refractivity (Wildman–Crippen MR) is 77.6 cm³/mol. The van der Waals surface area contributed by atoms with Gasteiger partial charge in [0.2, 0.25) is 5.91 Å². The van der Waals surface area contributed by atoms with Crippen LogP contribution in [-0.2, 0) is 9.53 Å². The van der Waals surface area contributed by atoms with E-state index in [1.807, 2.05) is 0 Å². The van der Waals surface area contributed by atoms with Gasteiger partial charge in [-0.05, 0) is 20.8 Å². The van der Waals surface area contributed by atoms with E-state index in [-0.39, 0.29) is 30.7 Å². The van der Waals surface area contributed by atoms with Crippen molar-refractivity contribution in [3.8, 4) is 0 Å². The number of halogens is 2. The second kappa shape index (κ2) is 8.93. The Bertz CT molecular complexity index is 241. The summed E-state index contributed by atoms with van der Waals surface area (Å²) in [5.74, 6) is -0.104. The molecule has 1 amide bonds. The van der Waals surface area contributed by atoms with Crippen molar-refractivity contribution in [1.82, 2.24) is 10.2 Å². The van der Waals surface area contributed by atoms with Crippen LogP contribution in [0, 0.1) is 0 Å². The summed E-state index contributed by atoms with van der Waals surface area (Å²) >= 11 is 0. The molecule has 0 saturated carbocycles. The van der Waals surface area contributed by atoms with Gasteiger partial charge in [0.1, 0.15) is 0 Å². The number of morpholine rings is 1. The van der Waals surface area contributed by atoms with Crippen molar-refractivity contribution in [3.63, 3.8) is 0 Å². The highest BCUT2D eigenvalue weighted by Gasteiger charge is 2.23. The molecule has 1 rings (SSSR count). The maximum atomic E-state index is 11.6. The van der Waals surface area contributed by atoms with Gasteiger partial charge in [0.25, 0.3) is 0 Å². The summed E-state index contributed by atoms with van der Waals surface area (Å²) in [4.78, 5) is 13.9. The van der Waals surface area contributed by atoms with Crippen LogP contribution in [0.1, 0.15) is 20.8 Å². The Hall–Kier alpha value is -0.0700. The molecule has 0 aromatic rings. The van der Waals surface area contributed by atoms with E-state index in [0.29, 0.717) is 12.6 Å². The molecule has 1 fully saturated rings. The van der Waals surface area contributed by atoms with Crippen molar-refractivity contribution in [2.75, 3.05) is 32.8 Å². The van der Waals surface area contributed by atoms with E-state index in [4.69, 9.17) is 10.5 Å². The molecule has 1 heterocycles. The smallest absolute Gasteiger partial charge is 0.239 e. The SMILES string of the molecule is CC(CNC(=O)C(C)(C)N)N1CCOCC1.Cl.Cl. The number of rotatable bonds is 4. The number of carbonyl (C=O) groups excluding carboxylic acids is 1. The minimum absolute atomic E-state index is 0. The minimum atomic E-state index is -0.801. The van der Waals surface area contributed by atoms with Crippen LogP contribution in [0.25, 0.3) is 0 Å². The topological polar surface area (TPSA) is 67.6 Å². The average molecular weight is 302 g/mol. The fourth-order valence-corrected chi connectivity index (χ4v) is 1.62. The van der Waals surface area contributed by atoms with E-state index in [1.54, 1.807) is 13.8 Å². The summed E-state index contributed by atoms with van der Waals surface area (Å²) in [6.07, 6.45) is 0. The molecule has 0 aromatic carbocycles. The van der Waals surface area contributed by atoms with Crippen LogP contribution in [0.3, 0.4) is 0 Å². The summed E-state index contributed by atoms with van der Waals surface area (Å²) in [7, 11) is 0. The molecule has 18 heavy (non-hydrogen) atoms. The Labute approximate surface area is 122 Å². The normalized spacial score (nSPS) is 18.2. The molecule has 1 saturated heterocycles. The van der Waals surface area contributed by atoms with Gasteiger partial charge in [0.05, 0.1) is 18.8 Å². The summed E-state index contributed by atoms with van der Waals surface area (Å²) < 4.78 is 5.28. The van der Waals surface area contributed by atoms with E-state index in [0.717, 1.165) is 26.3 Å². The molecule has 5 nitrogen and oxygen atoms in total. The van der Waals surface area contributed by atoms with Gasteiger partial charge < -0.3 is 15.8 Å². The average Bonchev–Trinajstić information content (AvgIpc) is 2.25. The van der Waals surface area contributed by atoms with E-state index in [1.165, 1.54) is 0 Å². The number of hydrogen-bond donors (Lipinski definition) is 2. The van der Waals surface area contributed by atoms with Crippen LogP contribution in [0.5, 0.6) is 0 Å². The first-order chi connectivity index (χ1) is 7.41. The number of ether oxygens (including phenoxy) is 1.